The lowest BCUT2D eigenvalue weighted by Crippen LogP contribution is -1.99. The second-order valence-electron chi connectivity index (χ2n) is 4.26. The van der Waals surface area contributed by atoms with Crippen molar-refractivity contribution in [2.45, 2.75) is 0 Å². The van der Waals surface area contributed by atoms with Gasteiger partial charge in [0.15, 0.2) is 5.69 Å². The monoisotopic (exact) mass is 269 g/mol. The maximum absolute atomic E-state index is 11.0. The van der Waals surface area contributed by atoms with Crippen LogP contribution in [-0.4, -0.2) is 25.8 Å². The highest BCUT2D eigenvalue weighted by molar-refractivity contribution is 5.87. The number of aromatic carboxylic acids is 1. The van der Waals surface area contributed by atoms with E-state index in [-0.39, 0.29) is 5.69 Å². The summed E-state index contributed by atoms with van der Waals surface area (Å²) < 4.78 is 6.80. The van der Waals surface area contributed by atoms with Crippen LogP contribution in [0.1, 0.15) is 10.5 Å². The maximum atomic E-state index is 11.0. The lowest BCUT2D eigenvalue weighted by Gasteiger charge is -2.03. The van der Waals surface area contributed by atoms with Crippen LogP contribution in [0.4, 0.5) is 0 Å². The van der Waals surface area contributed by atoms with Crippen LogP contribution in [0.15, 0.2) is 47.2 Å². The molecule has 6 nitrogen and oxygen atoms in total. The first kappa shape index (κ1) is 12.2. The van der Waals surface area contributed by atoms with E-state index in [0.29, 0.717) is 5.89 Å². The molecule has 2 aromatic heterocycles. The van der Waals surface area contributed by atoms with Crippen molar-refractivity contribution in [3.63, 3.8) is 0 Å². The van der Waals surface area contributed by atoms with Gasteiger partial charge in [0.2, 0.25) is 5.89 Å². The SMILES string of the molecule is Cn1nc(C(=O)O)cc1-c1cccc(-c2ncco2)c1. The van der Waals surface area contributed by atoms with Gasteiger partial charge in [0.1, 0.15) is 6.26 Å². The first-order valence-electron chi connectivity index (χ1n) is 5.93. The molecule has 0 aliphatic carbocycles. The molecule has 0 saturated heterocycles. The Hall–Kier alpha value is -2.89. The Labute approximate surface area is 114 Å². The molecule has 0 unspecified atom stereocenters. The van der Waals surface area contributed by atoms with Crippen LogP contribution in [0.2, 0.25) is 0 Å². The maximum Gasteiger partial charge on any atom is 0.356 e. The Morgan fingerprint density at radius 3 is 2.75 bits per heavy atom. The van der Waals surface area contributed by atoms with Crippen molar-refractivity contribution in [3.8, 4) is 22.7 Å². The minimum atomic E-state index is -1.05. The van der Waals surface area contributed by atoms with Gasteiger partial charge < -0.3 is 9.52 Å². The van der Waals surface area contributed by atoms with E-state index in [1.165, 1.54) is 17.0 Å². The molecule has 0 amide bonds. The van der Waals surface area contributed by atoms with Crippen molar-refractivity contribution in [1.82, 2.24) is 14.8 Å². The molecule has 1 aromatic carbocycles. The summed E-state index contributed by atoms with van der Waals surface area (Å²) in [5.41, 5.74) is 2.41. The van der Waals surface area contributed by atoms with E-state index in [4.69, 9.17) is 9.52 Å². The number of benzene rings is 1. The number of carbonyl (C=O) groups is 1. The molecule has 0 aliphatic rings. The molecule has 20 heavy (non-hydrogen) atoms. The molecular weight excluding hydrogens is 258 g/mol. The van der Waals surface area contributed by atoms with E-state index in [1.54, 1.807) is 13.2 Å². The number of hydrogen-bond acceptors (Lipinski definition) is 4. The van der Waals surface area contributed by atoms with E-state index in [1.807, 2.05) is 24.3 Å². The van der Waals surface area contributed by atoms with Crippen LogP contribution in [0.3, 0.4) is 0 Å². The normalized spacial score (nSPS) is 10.7. The van der Waals surface area contributed by atoms with Crippen molar-refractivity contribution < 1.29 is 14.3 Å². The molecule has 0 bridgehead atoms. The van der Waals surface area contributed by atoms with Gasteiger partial charge in [0.25, 0.3) is 0 Å². The highest BCUT2D eigenvalue weighted by atomic mass is 16.4. The van der Waals surface area contributed by atoms with Crippen LogP contribution < -0.4 is 0 Å². The Morgan fingerprint density at radius 1 is 1.30 bits per heavy atom. The van der Waals surface area contributed by atoms with Gasteiger partial charge in [-0.15, -0.1) is 0 Å². The largest absolute Gasteiger partial charge is 0.476 e. The average Bonchev–Trinajstić information content (AvgIpc) is 3.08. The summed E-state index contributed by atoms with van der Waals surface area (Å²) in [6, 6.07) is 9.05. The summed E-state index contributed by atoms with van der Waals surface area (Å²) in [6.45, 7) is 0. The molecule has 0 fully saturated rings. The van der Waals surface area contributed by atoms with Crippen LogP contribution in [0, 0.1) is 0 Å². The molecule has 0 saturated carbocycles. The molecule has 3 rings (SSSR count). The Morgan fingerprint density at radius 2 is 2.10 bits per heavy atom. The molecule has 0 radical (unpaired) electrons. The average molecular weight is 269 g/mol. The molecule has 2 heterocycles. The predicted octanol–water partition coefficient (Wildman–Crippen LogP) is 2.44. The molecule has 0 spiro atoms. The van der Waals surface area contributed by atoms with Gasteiger partial charge in [-0.3, -0.25) is 4.68 Å². The van der Waals surface area contributed by atoms with Crippen LogP contribution >= 0.6 is 0 Å². The number of aromatic nitrogens is 3. The van der Waals surface area contributed by atoms with Gasteiger partial charge in [0, 0.05) is 18.2 Å². The summed E-state index contributed by atoms with van der Waals surface area (Å²) in [4.78, 5) is 15.0. The van der Waals surface area contributed by atoms with E-state index < -0.39 is 5.97 Å². The Kier molecular flexibility index (Phi) is 2.83. The fraction of sp³-hybridized carbons (Fsp3) is 0.0714. The van der Waals surface area contributed by atoms with Gasteiger partial charge in [0.05, 0.1) is 11.9 Å². The first-order chi connectivity index (χ1) is 9.65. The molecule has 0 atom stereocenters. The molecule has 1 N–H and O–H groups in total. The van der Waals surface area contributed by atoms with Gasteiger partial charge in [-0.25, -0.2) is 9.78 Å². The van der Waals surface area contributed by atoms with Crippen LogP contribution in [0.25, 0.3) is 22.7 Å². The van der Waals surface area contributed by atoms with E-state index in [9.17, 15) is 4.79 Å². The number of hydrogen-bond donors (Lipinski definition) is 1. The molecule has 6 heteroatoms. The summed E-state index contributed by atoms with van der Waals surface area (Å²) in [5, 5.41) is 12.9. The quantitative estimate of drug-likeness (QED) is 0.789. The van der Waals surface area contributed by atoms with Crippen LogP contribution in [0.5, 0.6) is 0 Å². The van der Waals surface area contributed by atoms with E-state index in [2.05, 4.69) is 10.1 Å². The standard InChI is InChI=1S/C14H11N3O3/c1-17-12(8-11(16-17)14(18)19)9-3-2-4-10(7-9)13-15-5-6-20-13/h2-8H,1H3,(H,18,19). The third kappa shape index (κ3) is 2.07. The predicted molar refractivity (Wildman–Crippen MR) is 71.1 cm³/mol. The number of nitrogens with zero attached hydrogens (tertiary/aromatic N) is 3. The number of oxazole rings is 1. The second-order valence-corrected chi connectivity index (χ2v) is 4.26. The molecule has 3 aromatic rings. The van der Waals surface area contributed by atoms with Gasteiger partial charge in [-0.2, -0.15) is 5.10 Å². The van der Waals surface area contributed by atoms with Crippen molar-refractivity contribution >= 4 is 5.97 Å². The molecular formula is C14H11N3O3. The van der Waals surface area contributed by atoms with Crippen molar-refractivity contribution in [2.75, 3.05) is 0 Å². The fourth-order valence-corrected chi connectivity index (χ4v) is 2.02. The minimum Gasteiger partial charge on any atom is -0.476 e. The topological polar surface area (TPSA) is 81.2 Å². The highest BCUT2D eigenvalue weighted by Gasteiger charge is 2.13. The smallest absolute Gasteiger partial charge is 0.356 e. The number of carboxylic acid groups (broad SMARTS) is 1. The third-order valence-corrected chi connectivity index (χ3v) is 2.94. The first-order valence-corrected chi connectivity index (χ1v) is 5.93. The summed E-state index contributed by atoms with van der Waals surface area (Å²) >= 11 is 0. The van der Waals surface area contributed by atoms with Crippen molar-refractivity contribution in [1.29, 1.82) is 0 Å². The minimum absolute atomic E-state index is 0.0176. The Bertz CT molecular complexity index is 760. The number of carboxylic acids is 1. The van der Waals surface area contributed by atoms with Gasteiger partial charge in [-0.1, -0.05) is 12.1 Å². The second kappa shape index (κ2) is 4.65. The zero-order chi connectivity index (χ0) is 14.1. The lowest BCUT2D eigenvalue weighted by molar-refractivity contribution is 0.0689. The number of rotatable bonds is 3. The number of aryl methyl sites for hydroxylation is 1. The molecule has 0 aliphatic heterocycles. The zero-order valence-electron chi connectivity index (χ0n) is 10.6. The van der Waals surface area contributed by atoms with E-state index >= 15 is 0 Å². The van der Waals surface area contributed by atoms with Gasteiger partial charge in [-0.05, 0) is 18.2 Å². The Balaban J connectivity index is 2.07. The summed E-state index contributed by atoms with van der Waals surface area (Å²) in [7, 11) is 1.71. The summed E-state index contributed by atoms with van der Waals surface area (Å²) in [5.74, 6) is -0.525. The fourth-order valence-electron chi connectivity index (χ4n) is 2.02. The van der Waals surface area contributed by atoms with E-state index in [0.717, 1.165) is 16.8 Å². The third-order valence-electron chi connectivity index (χ3n) is 2.94. The highest BCUT2D eigenvalue weighted by Crippen LogP contribution is 2.25. The van der Waals surface area contributed by atoms with Gasteiger partial charge >= 0.3 is 5.97 Å². The van der Waals surface area contributed by atoms with Crippen LogP contribution in [-0.2, 0) is 7.05 Å². The lowest BCUT2D eigenvalue weighted by atomic mass is 10.1. The van der Waals surface area contributed by atoms with Crippen molar-refractivity contribution in [3.05, 3.63) is 48.5 Å². The zero-order valence-corrected chi connectivity index (χ0v) is 10.6. The molecule has 100 valence electrons. The van der Waals surface area contributed by atoms with Crippen molar-refractivity contribution in [2.24, 2.45) is 7.05 Å². The summed E-state index contributed by atoms with van der Waals surface area (Å²) in [6.07, 6.45) is 3.09.